The Labute approximate surface area is 106 Å². The lowest BCUT2D eigenvalue weighted by molar-refractivity contribution is -0.131. The van der Waals surface area contributed by atoms with E-state index in [-0.39, 0.29) is 5.78 Å². The van der Waals surface area contributed by atoms with Gasteiger partial charge in [-0.25, -0.2) is 4.79 Å². The molecule has 18 heavy (non-hydrogen) atoms. The summed E-state index contributed by atoms with van der Waals surface area (Å²) in [6.07, 6.45) is 1.90. The van der Waals surface area contributed by atoms with Crippen LogP contribution in [-0.2, 0) is 4.79 Å². The fourth-order valence-corrected chi connectivity index (χ4v) is 1.60. The van der Waals surface area contributed by atoms with Gasteiger partial charge < -0.3 is 9.84 Å². The maximum Gasteiger partial charge on any atom is 0.328 e. The highest BCUT2D eigenvalue weighted by Gasteiger charge is 2.10. The molecule has 0 aliphatic carbocycles. The van der Waals surface area contributed by atoms with E-state index in [0.29, 0.717) is 12.2 Å². The second kappa shape index (κ2) is 6.00. The Morgan fingerprint density at radius 1 is 1.22 bits per heavy atom. The third-order valence-corrected chi connectivity index (χ3v) is 2.46. The van der Waals surface area contributed by atoms with Crippen molar-refractivity contribution >= 4 is 11.8 Å². The molecule has 1 N–H and O–H groups in total. The molecule has 96 valence electrons. The predicted octanol–water partition coefficient (Wildman–Crippen LogP) is 2.53. The number of ketones is 1. The molecule has 0 amide bonds. The molecular formula is C14H16O4. The van der Waals surface area contributed by atoms with Gasteiger partial charge in [0.25, 0.3) is 0 Å². The van der Waals surface area contributed by atoms with Crippen LogP contribution in [0.5, 0.6) is 5.75 Å². The lowest BCUT2D eigenvalue weighted by Crippen LogP contribution is -2.02. The van der Waals surface area contributed by atoms with E-state index in [1.165, 1.54) is 0 Å². The molecule has 0 spiro atoms. The number of aliphatic carboxylic acids is 1. The van der Waals surface area contributed by atoms with Crippen molar-refractivity contribution in [2.45, 2.75) is 20.8 Å². The largest absolute Gasteiger partial charge is 0.494 e. The van der Waals surface area contributed by atoms with Crippen LogP contribution in [-0.4, -0.2) is 23.5 Å². The van der Waals surface area contributed by atoms with Gasteiger partial charge >= 0.3 is 5.97 Å². The van der Waals surface area contributed by atoms with Gasteiger partial charge in [0, 0.05) is 11.6 Å². The number of aryl methyl sites for hydroxylation is 2. The van der Waals surface area contributed by atoms with E-state index in [9.17, 15) is 9.59 Å². The summed E-state index contributed by atoms with van der Waals surface area (Å²) in [5, 5.41) is 8.49. The van der Waals surface area contributed by atoms with Crippen LogP contribution in [0.15, 0.2) is 24.3 Å². The van der Waals surface area contributed by atoms with Crippen LogP contribution in [0.1, 0.15) is 28.4 Å². The molecule has 0 aliphatic rings. The minimum atomic E-state index is -1.14. The zero-order chi connectivity index (χ0) is 13.7. The molecule has 0 aliphatic heterocycles. The highest BCUT2D eigenvalue weighted by Crippen LogP contribution is 2.23. The summed E-state index contributed by atoms with van der Waals surface area (Å²) < 4.78 is 5.43. The van der Waals surface area contributed by atoms with Gasteiger partial charge in [0.15, 0.2) is 5.78 Å². The smallest absolute Gasteiger partial charge is 0.328 e. The van der Waals surface area contributed by atoms with Crippen molar-refractivity contribution in [1.82, 2.24) is 0 Å². The fourth-order valence-electron chi connectivity index (χ4n) is 1.60. The maximum atomic E-state index is 11.8. The molecule has 0 heterocycles. The fraction of sp³-hybridized carbons (Fsp3) is 0.286. The molecule has 1 rings (SSSR count). The van der Waals surface area contributed by atoms with Crippen molar-refractivity contribution in [3.8, 4) is 5.75 Å². The lowest BCUT2D eigenvalue weighted by Gasteiger charge is -2.10. The highest BCUT2D eigenvalue weighted by molar-refractivity contribution is 6.07. The van der Waals surface area contributed by atoms with Gasteiger partial charge in [-0.1, -0.05) is 0 Å². The molecule has 0 fully saturated rings. The Morgan fingerprint density at radius 3 is 2.44 bits per heavy atom. The third kappa shape index (κ3) is 3.45. The summed E-state index contributed by atoms with van der Waals surface area (Å²) in [4.78, 5) is 22.2. The maximum absolute atomic E-state index is 11.8. The molecule has 0 saturated heterocycles. The number of allylic oxidation sites excluding steroid dienone is 1. The number of carbonyl (C=O) groups is 2. The monoisotopic (exact) mass is 248 g/mol. The van der Waals surface area contributed by atoms with Crippen LogP contribution in [0.25, 0.3) is 0 Å². The number of benzene rings is 1. The van der Waals surface area contributed by atoms with Gasteiger partial charge in [-0.05, 0) is 50.1 Å². The van der Waals surface area contributed by atoms with E-state index in [0.717, 1.165) is 29.0 Å². The standard InChI is InChI=1S/C14H16O4/c1-4-18-13-8-9(2)11(7-10(13)3)12(15)5-6-14(16)17/h5-8H,4H2,1-3H3,(H,16,17)/b6-5+. The molecule has 1 aromatic carbocycles. The van der Waals surface area contributed by atoms with E-state index in [1.807, 2.05) is 13.8 Å². The Morgan fingerprint density at radius 2 is 1.89 bits per heavy atom. The summed E-state index contributed by atoms with van der Waals surface area (Å²) in [6, 6.07) is 3.51. The molecular weight excluding hydrogens is 232 g/mol. The van der Waals surface area contributed by atoms with Crippen molar-refractivity contribution in [2.75, 3.05) is 6.61 Å². The number of carbonyl (C=O) groups excluding carboxylic acids is 1. The van der Waals surface area contributed by atoms with Gasteiger partial charge in [-0.15, -0.1) is 0 Å². The van der Waals surface area contributed by atoms with E-state index in [4.69, 9.17) is 9.84 Å². The summed E-state index contributed by atoms with van der Waals surface area (Å²) in [7, 11) is 0. The van der Waals surface area contributed by atoms with E-state index in [2.05, 4.69) is 0 Å². The number of carboxylic acid groups (broad SMARTS) is 1. The molecule has 0 atom stereocenters. The summed E-state index contributed by atoms with van der Waals surface area (Å²) in [5.74, 6) is -0.710. The van der Waals surface area contributed by atoms with Crippen molar-refractivity contribution in [2.24, 2.45) is 0 Å². The first-order chi connectivity index (χ1) is 8.45. The van der Waals surface area contributed by atoms with Crippen LogP contribution in [0.3, 0.4) is 0 Å². The minimum Gasteiger partial charge on any atom is -0.494 e. The molecule has 0 unspecified atom stereocenters. The summed E-state index contributed by atoms with van der Waals surface area (Å²) >= 11 is 0. The molecule has 0 aromatic heterocycles. The molecule has 0 bridgehead atoms. The molecule has 0 radical (unpaired) electrons. The van der Waals surface area contributed by atoms with Crippen LogP contribution < -0.4 is 4.74 Å². The number of carboxylic acids is 1. The van der Waals surface area contributed by atoms with Gasteiger partial charge in [0.05, 0.1) is 6.61 Å². The number of hydrogen-bond donors (Lipinski definition) is 1. The Hall–Kier alpha value is -2.10. The predicted molar refractivity (Wildman–Crippen MR) is 68.2 cm³/mol. The van der Waals surface area contributed by atoms with Crippen LogP contribution in [0, 0.1) is 13.8 Å². The van der Waals surface area contributed by atoms with Crippen LogP contribution in [0.2, 0.25) is 0 Å². The van der Waals surface area contributed by atoms with Gasteiger partial charge in [0.1, 0.15) is 5.75 Å². The average Bonchev–Trinajstić information content (AvgIpc) is 2.30. The molecule has 4 heteroatoms. The van der Waals surface area contributed by atoms with Gasteiger partial charge in [0.2, 0.25) is 0 Å². The molecule has 0 saturated carbocycles. The first kappa shape index (κ1) is 14.0. The van der Waals surface area contributed by atoms with Crippen molar-refractivity contribution in [3.63, 3.8) is 0 Å². The minimum absolute atomic E-state index is 0.318. The Balaban J connectivity index is 3.07. The SMILES string of the molecule is CCOc1cc(C)c(C(=O)/C=C/C(=O)O)cc1C. The summed E-state index contributed by atoms with van der Waals surface area (Å²) in [5.41, 5.74) is 2.12. The Bertz CT molecular complexity index is 501. The molecule has 1 aromatic rings. The first-order valence-electron chi connectivity index (χ1n) is 5.65. The number of hydrogen-bond acceptors (Lipinski definition) is 3. The summed E-state index contributed by atoms with van der Waals surface area (Å²) in [6.45, 7) is 6.10. The topological polar surface area (TPSA) is 63.6 Å². The van der Waals surface area contributed by atoms with Crippen LogP contribution >= 0.6 is 0 Å². The van der Waals surface area contributed by atoms with E-state index in [1.54, 1.807) is 19.1 Å². The van der Waals surface area contributed by atoms with Gasteiger partial charge in [-0.3, -0.25) is 4.79 Å². The second-order valence-corrected chi connectivity index (χ2v) is 3.90. The average molecular weight is 248 g/mol. The third-order valence-electron chi connectivity index (χ3n) is 2.46. The van der Waals surface area contributed by atoms with Gasteiger partial charge in [-0.2, -0.15) is 0 Å². The zero-order valence-corrected chi connectivity index (χ0v) is 10.7. The van der Waals surface area contributed by atoms with Crippen LogP contribution in [0.4, 0.5) is 0 Å². The van der Waals surface area contributed by atoms with Crippen molar-refractivity contribution in [3.05, 3.63) is 41.0 Å². The quantitative estimate of drug-likeness (QED) is 0.642. The molecule has 4 nitrogen and oxygen atoms in total. The Kier molecular flexibility index (Phi) is 4.66. The first-order valence-corrected chi connectivity index (χ1v) is 5.65. The number of ether oxygens (including phenoxy) is 1. The highest BCUT2D eigenvalue weighted by atomic mass is 16.5. The second-order valence-electron chi connectivity index (χ2n) is 3.90. The lowest BCUT2D eigenvalue weighted by atomic mass is 10.0. The van der Waals surface area contributed by atoms with Crippen molar-refractivity contribution in [1.29, 1.82) is 0 Å². The number of rotatable bonds is 5. The zero-order valence-electron chi connectivity index (χ0n) is 10.7. The van der Waals surface area contributed by atoms with E-state index >= 15 is 0 Å². The normalized spacial score (nSPS) is 10.6. The van der Waals surface area contributed by atoms with E-state index < -0.39 is 5.97 Å². The van der Waals surface area contributed by atoms with Crippen molar-refractivity contribution < 1.29 is 19.4 Å².